The second-order valence-corrected chi connectivity index (χ2v) is 3.20. The molecule has 0 spiro atoms. The molecule has 0 atom stereocenters. The maximum atomic E-state index is 11.8. The van der Waals surface area contributed by atoms with E-state index in [0.29, 0.717) is 12.1 Å². The zero-order valence-corrected chi connectivity index (χ0v) is 8.79. The van der Waals surface area contributed by atoms with Crippen LogP contribution in [0.1, 0.15) is 6.92 Å². The lowest BCUT2D eigenvalue weighted by molar-refractivity contribution is -0.143. The van der Waals surface area contributed by atoms with E-state index in [1.54, 1.807) is 19.2 Å². The zero-order chi connectivity index (χ0) is 11.5. The van der Waals surface area contributed by atoms with Gasteiger partial charge in [0.2, 0.25) is 0 Å². The smallest absolute Gasteiger partial charge is 0.326 e. The van der Waals surface area contributed by atoms with E-state index in [0.717, 1.165) is 0 Å². The van der Waals surface area contributed by atoms with E-state index < -0.39 is 5.97 Å². The molecule has 2 rings (SSSR count). The van der Waals surface area contributed by atoms with Crippen molar-refractivity contribution >= 4 is 11.5 Å². The summed E-state index contributed by atoms with van der Waals surface area (Å²) < 4.78 is 7.54. The van der Waals surface area contributed by atoms with E-state index in [4.69, 9.17) is 4.74 Å². The quantitative estimate of drug-likeness (QED) is 0.687. The molecule has 0 saturated carbocycles. The molecule has 6 nitrogen and oxygen atoms in total. The van der Waals surface area contributed by atoms with Crippen molar-refractivity contribution in [3.63, 3.8) is 0 Å². The van der Waals surface area contributed by atoms with E-state index in [1.165, 1.54) is 21.5 Å². The summed E-state index contributed by atoms with van der Waals surface area (Å²) in [6, 6.07) is 1.60. The first-order valence-electron chi connectivity index (χ1n) is 4.91. The van der Waals surface area contributed by atoms with Crippen LogP contribution >= 0.6 is 0 Å². The molecule has 0 bridgehead atoms. The molecule has 6 heteroatoms. The largest absolute Gasteiger partial charge is 0.465 e. The monoisotopic (exact) mass is 221 g/mol. The fourth-order valence-corrected chi connectivity index (χ4v) is 1.43. The van der Waals surface area contributed by atoms with Crippen molar-refractivity contribution in [1.82, 2.24) is 14.2 Å². The Bertz CT molecular complexity index is 570. The molecular weight excluding hydrogens is 210 g/mol. The van der Waals surface area contributed by atoms with Crippen LogP contribution in [-0.4, -0.2) is 26.8 Å². The SMILES string of the molecule is CCOC(=O)Cn1ccn2nccc2c1=O. The van der Waals surface area contributed by atoms with Crippen LogP contribution in [0.25, 0.3) is 5.52 Å². The number of carbonyl (C=O) groups excluding carboxylic acids is 1. The van der Waals surface area contributed by atoms with Crippen molar-refractivity contribution in [2.24, 2.45) is 0 Å². The van der Waals surface area contributed by atoms with Crippen molar-refractivity contribution in [3.05, 3.63) is 35.0 Å². The Morgan fingerprint density at radius 3 is 3.06 bits per heavy atom. The summed E-state index contributed by atoms with van der Waals surface area (Å²) in [5, 5.41) is 3.92. The number of ether oxygens (including phenoxy) is 1. The molecule has 2 aromatic rings. The molecule has 0 unspecified atom stereocenters. The van der Waals surface area contributed by atoms with Gasteiger partial charge < -0.3 is 9.30 Å². The van der Waals surface area contributed by atoms with Gasteiger partial charge in [-0.3, -0.25) is 9.59 Å². The lowest BCUT2D eigenvalue weighted by Gasteiger charge is -2.05. The number of fused-ring (bicyclic) bond motifs is 1. The molecule has 0 amide bonds. The fourth-order valence-electron chi connectivity index (χ4n) is 1.43. The second kappa shape index (κ2) is 4.18. The standard InChI is InChI=1S/C10H11N3O3/c1-2-16-9(14)7-12-5-6-13-8(10(12)15)3-4-11-13/h3-6H,2,7H2,1H3. The minimum absolute atomic E-state index is 0.0750. The van der Waals surface area contributed by atoms with Crippen LogP contribution < -0.4 is 5.56 Å². The molecule has 0 N–H and O–H groups in total. The maximum absolute atomic E-state index is 11.8. The number of esters is 1. The summed E-state index contributed by atoms with van der Waals surface area (Å²) in [7, 11) is 0. The number of hydrogen-bond donors (Lipinski definition) is 0. The van der Waals surface area contributed by atoms with Crippen LogP contribution in [0.4, 0.5) is 0 Å². The highest BCUT2D eigenvalue weighted by Crippen LogP contribution is 1.94. The van der Waals surface area contributed by atoms with Gasteiger partial charge in [-0.15, -0.1) is 0 Å². The molecule has 0 saturated heterocycles. The molecule has 0 aromatic carbocycles. The third kappa shape index (κ3) is 1.81. The number of nitrogens with zero attached hydrogens (tertiary/aromatic N) is 3. The number of aromatic nitrogens is 3. The normalized spacial score (nSPS) is 10.6. The van der Waals surface area contributed by atoms with E-state index in [1.807, 2.05) is 0 Å². The molecule has 0 aliphatic rings. The highest BCUT2D eigenvalue weighted by molar-refractivity contribution is 5.69. The summed E-state index contributed by atoms with van der Waals surface area (Å²) in [6.45, 7) is 1.96. The highest BCUT2D eigenvalue weighted by atomic mass is 16.5. The Kier molecular flexibility index (Phi) is 2.72. The fraction of sp³-hybridized carbons (Fsp3) is 0.300. The molecule has 0 aliphatic carbocycles. The Morgan fingerprint density at radius 1 is 1.50 bits per heavy atom. The first-order chi connectivity index (χ1) is 7.72. The lowest BCUT2D eigenvalue weighted by Crippen LogP contribution is -2.26. The topological polar surface area (TPSA) is 65.6 Å². The minimum atomic E-state index is -0.423. The van der Waals surface area contributed by atoms with Crippen LogP contribution in [-0.2, 0) is 16.1 Å². The van der Waals surface area contributed by atoms with Gasteiger partial charge in [0.05, 0.1) is 12.8 Å². The first-order valence-corrected chi connectivity index (χ1v) is 4.91. The Balaban J connectivity index is 2.34. The summed E-state index contributed by atoms with van der Waals surface area (Å²) in [5.41, 5.74) is 0.180. The van der Waals surface area contributed by atoms with E-state index in [9.17, 15) is 9.59 Å². The molecule has 0 fully saturated rings. The highest BCUT2D eigenvalue weighted by Gasteiger charge is 2.07. The number of carbonyl (C=O) groups is 1. The predicted octanol–water partition coefficient (Wildman–Crippen LogP) is 0.0591. The van der Waals surface area contributed by atoms with Crippen LogP contribution in [0.3, 0.4) is 0 Å². The Morgan fingerprint density at radius 2 is 2.31 bits per heavy atom. The second-order valence-electron chi connectivity index (χ2n) is 3.20. The predicted molar refractivity (Wildman–Crippen MR) is 56.1 cm³/mol. The van der Waals surface area contributed by atoms with Gasteiger partial charge in [0.1, 0.15) is 12.1 Å². The molecule has 2 aromatic heterocycles. The van der Waals surface area contributed by atoms with E-state index in [-0.39, 0.29) is 12.1 Å². The zero-order valence-electron chi connectivity index (χ0n) is 8.79. The third-order valence-electron chi connectivity index (χ3n) is 2.14. The van der Waals surface area contributed by atoms with Crippen molar-refractivity contribution in [1.29, 1.82) is 0 Å². The Hall–Kier alpha value is -2.11. The van der Waals surface area contributed by atoms with Gasteiger partial charge >= 0.3 is 5.97 Å². The van der Waals surface area contributed by atoms with Gasteiger partial charge in [-0.2, -0.15) is 5.10 Å². The molecule has 2 heterocycles. The molecule has 0 aliphatic heterocycles. The Labute approximate surface area is 91.1 Å². The van der Waals surface area contributed by atoms with Gasteiger partial charge in [0, 0.05) is 12.4 Å². The summed E-state index contributed by atoms with van der Waals surface area (Å²) >= 11 is 0. The van der Waals surface area contributed by atoms with Crippen LogP contribution in [0.15, 0.2) is 29.5 Å². The van der Waals surface area contributed by atoms with Gasteiger partial charge in [-0.1, -0.05) is 0 Å². The van der Waals surface area contributed by atoms with Gasteiger partial charge in [-0.25, -0.2) is 4.52 Å². The van der Waals surface area contributed by atoms with Crippen molar-refractivity contribution in [2.75, 3.05) is 6.61 Å². The maximum Gasteiger partial charge on any atom is 0.326 e. The molecule has 0 radical (unpaired) electrons. The van der Waals surface area contributed by atoms with Gasteiger partial charge in [0.25, 0.3) is 5.56 Å². The lowest BCUT2D eigenvalue weighted by atomic mass is 10.5. The molecule has 16 heavy (non-hydrogen) atoms. The third-order valence-corrected chi connectivity index (χ3v) is 2.14. The van der Waals surface area contributed by atoms with Gasteiger partial charge in [-0.05, 0) is 13.0 Å². The average Bonchev–Trinajstić information content (AvgIpc) is 2.71. The van der Waals surface area contributed by atoms with Crippen molar-refractivity contribution < 1.29 is 9.53 Å². The minimum Gasteiger partial charge on any atom is -0.465 e. The summed E-state index contributed by atoms with van der Waals surface area (Å²) in [6.07, 6.45) is 4.67. The first kappa shape index (κ1) is 10.4. The van der Waals surface area contributed by atoms with E-state index >= 15 is 0 Å². The van der Waals surface area contributed by atoms with Crippen LogP contribution in [0.2, 0.25) is 0 Å². The summed E-state index contributed by atoms with van der Waals surface area (Å²) in [5.74, 6) is -0.423. The summed E-state index contributed by atoms with van der Waals surface area (Å²) in [4.78, 5) is 23.1. The van der Waals surface area contributed by atoms with E-state index in [2.05, 4.69) is 5.10 Å². The average molecular weight is 221 g/mol. The van der Waals surface area contributed by atoms with Crippen molar-refractivity contribution in [3.8, 4) is 0 Å². The van der Waals surface area contributed by atoms with Crippen molar-refractivity contribution in [2.45, 2.75) is 13.5 Å². The van der Waals surface area contributed by atoms with Crippen LogP contribution in [0.5, 0.6) is 0 Å². The number of rotatable bonds is 3. The number of hydrogen-bond acceptors (Lipinski definition) is 4. The van der Waals surface area contributed by atoms with Crippen LogP contribution in [0, 0.1) is 0 Å². The molecule has 84 valence electrons. The van der Waals surface area contributed by atoms with Gasteiger partial charge in [0.15, 0.2) is 0 Å². The molecular formula is C10H11N3O3.